The molecule has 2 fully saturated rings. The molecule has 23 heavy (non-hydrogen) atoms. The molecule has 4 heterocycles. The van der Waals surface area contributed by atoms with Crippen LogP contribution in [-0.2, 0) is 0 Å². The molecule has 0 radical (unpaired) electrons. The summed E-state index contributed by atoms with van der Waals surface area (Å²) in [5.41, 5.74) is 0.845. The number of hydrogen-bond donors (Lipinski definition) is 1. The molecular weight excluding hydrogens is 294 g/mol. The molecule has 2 aromatic rings. The molecular formula is C17H19N3O3. The van der Waals surface area contributed by atoms with E-state index in [0.717, 1.165) is 31.4 Å². The van der Waals surface area contributed by atoms with Crippen LogP contribution in [-0.4, -0.2) is 47.3 Å². The number of carbonyl (C=O) groups is 2. The Morgan fingerprint density at radius 2 is 2.22 bits per heavy atom. The second-order valence-electron chi connectivity index (χ2n) is 6.59. The number of ketones is 1. The van der Waals surface area contributed by atoms with E-state index in [1.165, 1.54) is 13.3 Å². The summed E-state index contributed by atoms with van der Waals surface area (Å²) in [5.74, 6) is 0.669. The van der Waals surface area contributed by atoms with Crippen molar-refractivity contribution < 1.29 is 14.0 Å². The van der Waals surface area contributed by atoms with Gasteiger partial charge in [-0.05, 0) is 31.4 Å². The average molecular weight is 313 g/mol. The summed E-state index contributed by atoms with van der Waals surface area (Å²) in [7, 11) is 0. The fraction of sp³-hybridized carbons (Fsp3) is 0.471. The minimum absolute atomic E-state index is 0.140. The van der Waals surface area contributed by atoms with Gasteiger partial charge in [-0.15, -0.1) is 0 Å². The summed E-state index contributed by atoms with van der Waals surface area (Å²) < 4.78 is 5.48. The number of nitrogens with one attached hydrogen (secondary N) is 1. The van der Waals surface area contributed by atoms with E-state index in [9.17, 15) is 9.59 Å². The van der Waals surface area contributed by atoms with Gasteiger partial charge in [0, 0.05) is 43.7 Å². The van der Waals surface area contributed by atoms with Gasteiger partial charge >= 0.3 is 0 Å². The molecule has 2 aliphatic rings. The minimum atomic E-state index is -0.180. The van der Waals surface area contributed by atoms with Crippen LogP contribution in [0.1, 0.15) is 40.8 Å². The minimum Gasteiger partial charge on any atom is -0.453 e. The van der Waals surface area contributed by atoms with Gasteiger partial charge in [0.1, 0.15) is 11.3 Å². The molecule has 4 rings (SSSR count). The van der Waals surface area contributed by atoms with Crippen molar-refractivity contribution in [3.8, 4) is 0 Å². The summed E-state index contributed by atoms with van der Waals surface area (Å²) in [4.78, 5) is 30.4. The molecule has 2 aliphatic heterocycles. The summed E-state index contributed by atoms with van der Waals surface area (Å²) >= 11 is 0. The first-order valence-electron chi connectivity index (χ1n) is 8.02. The lowest BCUT2D eigenvalue weighted by atomic mass is 9.97. The van der Waals surface area contributed by atoms with Crippen molar-refractivity contribution in [2.45, 2.75) is 25.8 Å². The van der Waals surface area contributed by atoms with E-state index < -0.39 is 0 Å². The maximum Gasteiger partial charge on any atom is 0.270 e. The van der Waals surface area contributed by atoms with Crippen molar-refractivity contribution in [1.82, 2.24) is 15.2 Å². The second-order valence-corrected chi connectivity index (χ2v) is 6.59. The van der Waals surface area contributed by atoms with E-state index in [4.69, 9.17) is 4.42 Å². The van der Waals surface area contributed by atoms with Crippen LogP contribution in [0.3, 0.4) is 0 Å². The number of hydrogen-bond acceptors (Lipinski definition) is 5. The molecule has 3 atom stereocenters. The smallest absolute Gasteiger partial charge is 0.270 e. The summed E-state index contributed by atoms with van der Waals surface area (Å²) in [6, 6.07) is 3.44. The van der Waals surface area contributed by atoms with Crippen molar-refractivity contribution in [3.05, 3.63) is 29.8 Å². The zero-order chi connectivity index (χ0) is 16.0. The Kier molecular flexibility index (Phi) is 3.41. The number of amides is 1. The first-order valence-corrected chi connectivity index (χ1v) is 8.02. The number of fused-ring (bicyclic) bond motifs is 3. The van der Waals surface area contributed by atoms with Crippen LogP contribution in [0.15, 0.2) is 22.7 Å². The van der Waals surface area contributed by atoms with Gasteiger partial charge in [0.25, 0.3) is 5.91 Å². The molecule has 120 valence electrons. The number of rotatable bonds is 3. The molecule has 0 aromatic carbocycles. The SMILES string of the molecule is CC(=O)c1cc2cnc(C(=O)N[C@@H]3C[C@H]4CCN(C4)C3)cc2o1. The molecule has 0 spiro atoms. The standard InChI is InChI=1S/C17H19N3O3/c1-10(21)15-5-12-7-18-14(6-16(12)23-15)17(22)19-13-4-11-2-3-20(8-11)9-13/h5-7,11,13H,2-4,8-9H2,1H3,(H,19,22)/t11-,13-/m1/s1. The fourth-order valence-corrected chi connectivity index (χ4v) is 3.65. The third-order valence-corrected chi connectivity index (χ3v) is 4.78. The summed E-state index contributed by atoms with van der Waals surface area (Å²) in [5, 5.41) is 3.81. The molecule has 2 aromatic heterocycles. The van der Waals surface area contributed by atoms with E-state index in [-0.39, 0.29) is 23.5 Å². The fourth-order valence-electron chi connectivity index (χ4n) is 3.65. The maximum absolute atomic E-state index is 12.4. The third-order valence-electron chi connectivity index (χ3n) is 4.78. The first kappa shape index (κ1) is 14.4. The van der Waals surface area contributed by atoms with Crippen LogP contribution >= 0.6 is 0 Å². The molecule has 2 bridgehead atoms. The van der Waals surface area contributed by atoms with Crippen molar-refractivity contribution in [1.29, 1.82) is 0 Å². The monoisotopic (exact) mass is 313 g/mol. The number of furan rings is 1. The Labute approximate surface area is 133 Å². The maximum atomic E-state index is 12.4. The lowest BCUT2D eigenvalue weighted by Crippen LogP contribution is -2.47. The van der Waals surface area contributed by atoms with Crippen LogP contribution < -0.4 is 5.32 Å². The quantitative estimate of drug-likeness (QED) is 0.875. The Bertz CT molecular complexity index is 770. The largest absolute Gasteiger partial charge is 0.453 e. The molecule has 0 aliphatic carbocycles. The number of aromatic nitrogens is 1. The lowest BCUT2D eigenvalue weighted by molar-refractivity contribution is 0.0904. The van der Waals surface area contributed by atoms with Crippen LogP contribution in [0, 0.1) is 5.92 Å². The van der Waals surface area contributed by atoms with Gasteiger partial charge in [-0.3, -0.25) is 14.6 Å². The Morgan fingerprint density at radius 3 is 3.00 bits per heavy atom. The summed E-state index contributed by atoms with van der Waals surface area (Å²) in [6.45, 7) is 4.67. The highest BCUT2D eigenvalue weighted by Gasteiger charge is 2.33. The van der Waals surface area contributed by atoms with Crippen molar-refractivity contribution in [2.24, 2.45) is 5.92 Å². The van der Waals surface area contributed by atoms with Crippen LogP contribution in [0.25, 0.3) is 11.0 Å². The molecule has 1 amide bonds. The van der Waals surface area contributed by atoms with Gasteiger partial charge in [-0.1, -0.05) is 0 Å². The summed E-state index contributed by atoms with van der Waals surface area (Å²) in [6.07, 6.45) is 3.85. The zero-order valence-corrected chi connectivity index (χ0v) is 13.0. The predicted molar refractivity (Wildman–Crippen MR) is 84.4 cm³/mol. The molecule has 6 nitrogen and oxygen atoms in total. The van der Waals surface area contributed by atoms with E-state index in [2.05, 4.69) is 15.2 Å². The predicted octanol–water partition coefficient (Wildman–Crippen LogP) is 1.85. The molecule has 0 saturated carbocycles. The second kappa shape index (κ2) is 5.45. The van der Waals surface area contributed by atoms with Crippen molar-refractivity contribution >= 4 is 22.7 Å². The zero-order valence-electron chi connectivity index (χ0n) is 13.0. The van der Waals surface area contributed by atoms with E-state index in [1.807, 2.05) is 0 Å². The number of pyridine rings is 1. The molecule has 6 heteroatoms. The first-order chi connectivity index (χ1) is 11.1. The van der Waals surface area contributed by atoms with Gasteiger partial charge in [0.05, 0.1) is 0 Å². The molecule has 2 saturated heterocycles. The van der Waals surface area contributed by atoms with Gasteiger partial charge < -0.3 is 14.6 Å². The normalized spacial score (nSPS) is 26.4. The van der Waals surface area contributed by atoms with Crippen molar-refractivity contribution in [3.63, 3.8) is 0 Å². The van der Waals surface area contributed by atoms with Crippen LogP contribution in [0.5, 0.6) is 0 Å². The highest BCUT2D eigenvalue weighted by Crippen LogP contribution is 2.27. The lowest BCUT2D eigenvalue weighted by Gasteiger charge is -2.30. The van der Waals surface area contributed by atoms with E-state index in [1.54, 1.807) is 18.3 Å². The number of carbonyl (C=O) groups excluding carboxylic acids is 2. The van der Waals surface area contributed by atoms with Crippen LogP contribution in [0.4, 0.5) is 0 Å². The third kappa shape index (κ3) is 2.74. The van der Waals surface area contributed by atoms with Gasteiger partial charge in [-0.2, -0.15) is 0 Å². The molecule has 1 unspecified atom stereocenters. The molecule has 1 N–H and O–H groups in total. The van der Waals surface area contributed by atoms with Crippen LogP contribution in [0.2, 0.25) is 0 Å². The number of nitrogens with zero attached hydrogens (tertiary/aromatic N) is 2. The van der Waals surface area contributed by atoms with Crippen molar-refractivity contribution in [2.75, 3.05) is 19.6 Å². The van der Waals surface area contributed by atoms with E-state index >= 15 is 0 Å². The number of Topliss-reactive ketones (excluding diaryl/α,β-unsaturated/α-hetero) is 1. The topological polar surface area (TPSA) is 75.4 Å². The Balaban J connectivity index is 1.51. The van der Waals surface area contributed by atoms with Gasteiger partial charge in [0.2, 0.25) is 0 Å². The Morgan fingerprint density at radius 1 is 1.35 bits per heavy atom. The van der Waals surface area contributed by atoms with Gasteiger partial charge in [0.15, 0.2) is 11.5 Å². The van der Waals surface area contributed by atoms with E-state index in [0.29, 0.717) is 17.2 Å². The highest BCUT2D eigenvalue weighted by atomic mass is 16.3. The Hall–Kier alpha value is -2.21. The highest BCUT2D eigenvalue weighted by molar-refractivity contribution is 5.98. The van der Waals surface area contributed by atoms with Gasteiger partial charge in [-0.25, -0.2) is 0 Å². The average Bonchev–Trinajstić information content (AvgIpc) is 3.09. The number of piperidine rings is 1.